The van der Waals surface area contributed by atoms with Crippen molar-refractivity contribution in [2.75, 3.05) is 25.0 Å². The van der Waals surface area contributed by atoms with E-state index in [1.54, 1.807) is 0 Å². The van der Waals surface area contributed by atoms with E-state index in [2.05, 4.69) is 34.0 Å². The zero-order valence-electron chi connectivity index (χ0n) is 16.9. The monoisotopic (exact) mass is 378 g/mol. The van der Waals surface area contributed by atoms with Crippen LogP contribution in [-0.4, -0.2) is 40.4 Å². The normalized spacial score (nSPS) is 11.2. The number of nitrogens with one attached hydrogen (secondary N) is 2. The number of nitrogens with zero attached hydrogens (tertiary/aromatic N) is 2. The van der Waals surface area contributed by atoms with E-state index in [-0.39, 0.29) is 5.91 Å². The fourth-order valence-corrected chi connectivity index (χ4v) is 3.52. The van der Waals surface area contributed by atoms with Gasteiger partial charge >= 0.3 is 0 Å². The third-order valence-corrected chi connectivity index (χ3v) is 4.80. The fraction of sp³-hybridized carbons (Fsp3) is 0.391. The lowest BCUT2D eigenvalue weighted by Gasteiger charge is -2.20. The van der Waals surface area contributed by atoms with Gasteiger partial charge < -0.3 is 15.2 Å². The molecular weight excluding hydrogens is 348 g/mol. The Bertz CT molecular complexity index is 863. The lowest BCUT2D eigenvalue weighted by Crippen LogP contribution is -2.27. The molecule has 3 rings (SSSR count). The molecule has 0 aliphatic heterocycles. The summed E-state index contributed by atoms with van der Waals surface area (Å²) in [6.45, 7) is 7.57. The predicted octanol–water partition coefficient (Wildman–Crippen LogP) is 5.07. The van der Waals surface area contributed by atoms with E-state index in [1.165, 1.54) is 0 Å². The summed E-state index contributed by atoms with van der Waals surface area (Å²) in [5.74, 6) is 0.825. The van der Waals surface area contributed by atoms with Crippen molar-refractivity contribution in [3.8, 4) is 11.4 Å². The summed E-state index contributed by atoms with van der Waals surface area (Å²) in [6, 6.07) is 15.8. The van der Waals surface area contributed by atoms with Crippen LogP contribution in [0.2, 0.25) is 0 Å². The Labute approximate surface area is 167 Å². The number of aromatic amines is 1. The second kappa shape index (κ2) is 10.0. The number of aromatic nitrogens is 2. The van der Waals surface area contributed by atoms with Gasteiger partial charge in [-0.15, -0.1) is 0 Å². The van der Waals surface area contributed by atoms with Gasteiger partial charge in [-0.2, -0.15) is 0 Å². The van der Waals surface area contributed by atoms with Gasteiger partial charge in [0.15, 0.2) is 0 Å². The highest BCUT2D eigenvalue weighted by Crippen LogP contribution is 2.27. The highest BCUT2D eigenvalue weighted by molar-refractivity contribution is 5.95. The van der Waals surface area contributed by atoms with Gasteiger partial charge in [0.25, 0.3) is 0 Å². The van der Waals surface area contributed by atoms with Gasteiger partial charge in [-0.3, -0.25) is 4.79 Å². The molecule has 0 radical (unpaired) electrons. The maximum atomic E-state index is 12.5. The Morgan fingerprint density at radius 2 is 1.71 bits per heavy atom. The topological polar surface area (TPSA) is 61.0 Å². The molecule has 1 amide bonds. The average molecular weight is 379 g/mol. The first-order chi connectivity index (χ1) is 13.7. The second-order valence-corrected chi connectivity index (χ2v) is 7.14. The number of hydrogen-bond acceptors (Lipinski definition) is 3. The van der Waals surface area contributed by atoms with Crippen LogP contribution in [0, 0.1) is 0 Å². The van der Waals surface area contributed by atoms with Crippen molar-refractivity contribution in [2.24, 2.45) is 0 Å². The minimum Gasteiger partial charge on any atom is -0.338 e. The van der Waals surface area contributed by atoms with Crippen molar-refractivity contribution in [1.29, 1.82) is 0 Å². The van der Waals surface area contributed by atoms with Crippen LogP contribution in [0.15, 0.2) is 48.5 Å². The third-order valence-electron chi connectivity index (χ3n) is 4.80. The molecule has 1 aromatic heterocycles. The maximum Gasteiger partial charge on any atom is 0.224 e. The molecule has 2 N–H and O–H groups in total. The molecule has 0 saturated carbocycles. The van der Waals surface area contributed by atoms with Gasteiger partial charge in [0, 0.05) is 12.0 Å². The van der Waals surface area contributed by atoms with Gasteiger partial charge in [-0.25, -0.2) is 4.98 Å². The predicted molar refractivity (Wildman–Crippen MR) is 116 cm³/mol. The van der Waals surface area contributed by atoms with Crippen LogP contribution < -0.4 is 5.32 Å². The molecule has 28 heavy (non-hydrogen) atoms. The van der Waals surface area contributed by atoms with Crippen LogP contribution >= 0.6 is 0 Å². The van der Waals surface area contributed by atoms with E-state index in [1.807, 2.05) is 48.5 Å². The summed E-state index contributed by atoms with van der Waals surface area (Å²) in [6.07, 6.45) is 3.70. The molecule has 0 unspecified atom stereocenters. The first-order valence-electron chi connectivity index (χ1n) is 10.3. The quantitative estimate of drug-likeness (QED) is 0.518. The molecule has 0 aliphatic carbocycles. The molecule has 1 heterocycles. The second-order valence-electron chi connectivity index (χ2n) is 7.14. The van der Waals surface area contributed by atoms with E-state index < -0.39 is 0 Å². The Kier molecular flexibility index (Phi) is 7.20. The van der Waals surface area contributed by atoms with Crippen molar-refractivity contribution in [2.45, 2.75) is 39.5 Å². The molecule has 5 nitrogen and oxygen atoms in total. The maximum absolute atomic E-state index is 12.5. The number of carbonyl (C=O) groups is 1. The number of H-pyrrole nitrogens is 1. The first-order valence-corrected chi connectivity index (χ1v) is 10.3. The smallest absolute Gasteiger partial charge is 0.224 e. The van der Waals surface area contributed by atoms with Crippen LogP contribution in [0.25, 0.3) is 22.4 Å². The van der Waals surface area contributed by atoms with E-state index in [4.69, 9.17) is 0 Å². The Hall–Kier alpha value is -2.66. The van der Waals surface area contributed by atoms with Crippen LogP contribution in [0.1, 0.15) is 39.5 Å². The number of benzene rings is 2. The molecule has 0 fully saturated rings. The van der Waals surface area contributed by atoms with Crippen LogP contribution in [0.4, 0.5) is 5.69 Å². The highest BCUT2D eigenvalue weighted by atomic mass is 16.1. The fourth-order valence-electron chi connectivity index (χ4n) is 3.52. The summed E-state index contributed by atoms with van der Waals surface area (Å²) in [5.41, 5.74) is 3.62. The molecule has 0 atom stereocenters. The molecule has 0 aliphatic rings. The number of para-hydroxylation sites is 3. The SMILES string of the molecule is CCCN(CCC)CCCC(=O)Nc1ccccc1-c1nc2ccccc2[nH]1. The van der Waals surface area contributed by atoms with Crippen LogP contribution in [0.3, 0.4) is 0 Å². The van der Waals surface area contributed by atoms with Gasteiger partial charge in [-0.05, 0) is 63.2 Å². The summed E-state index contributed by atoms with van der Waals surface area (Å²) >= 11 is 0. The number of amides is 1. The van der Waals surface area contributed by atoms with Gasteiger partial charge in [0.2, 0.25) is 5.91 Å². The van der Waals surface area contributed by atoms with E-state index >= 15 is 0 Å². The summed E-state index contributed by atoms with van der Waals surface area (Å²) in [4.78, 5) is 23.0. The summed E-state index contributed by atoms with van der Waals surface area (Å²) < 4.78 is 0. The molecule has 3 aromatic rings. The van der Waals surface area contributed by atoms with Crippen molar-refractivity contribution >= 4 is 22.6 Å². The van der Waals surface area contributed by atoms with Crippen molar-refractivity contribution in [3.63, 3.8) is 0 Å². The first kappa shape index (κ1) is 20.1. The Morgan fingerprint density at radius 3 is 2.46 bits per heavy atom. The zero-order valence-corrected chi connectivity index (χ0v) is 16.9. The van der Waals surface area contributed by atoms with Gasteiger partial charge in [-0.1, -0.05) is 38.1 Å². The molecule has 5 heteroatoms. The van der Waals surface area contributed by atoms with Crippen LogP contribution in [-0.2, 0) is 4.79 Å². The number of anilines is 1. The number of imidazole rings is 1. The van der Waals surface area contributed by atoms with Crippen molar-refractivity contribution in [3.05, 3.63) is 48.5 Å². The molecular formula is C23H30N4O. The Balaban J connectivity index is 1.64. The number of carbonyl (C=O) groups excluding carboxylic acids is 1. The van der Waals surface area contributed by atoms with Crippen molar-refractivity contribution in [1.82, 2.24) is 14.9 Å². The van der Waals surface area contributed by atoms with Crippen LogP contribution in [0.5, 0.6) is 0 Å². The molecule has 0 saturated heterocycles. The highest BCUT2D eigenvalue weighted by Gasteiger charge is 2.12. The van der Waals surface area contributed by atoms with Gasteiger partial charge in [0.1, 0.15) is 5.82 Å². The van der Waals surface area contributed by atoms with Gasteiger partial charge in [0.05, 0.1) is 16.7 Å². The summed E-state index contributed by atoms with van der Waals surface area (Å²) in [5, 5.41) is 3.07. The Morgan fingerprint density at radius 1 is 1.00 bits per heavy atom. The minimum absolute atomic E-state index is 0.0523. The number of fused-ring (bicyclic) bond motifs is 1. The zero-order chi connectivity index (χ0) is 19.8. The standard InChI is InChI=1S/C23H30N4O/c1-3-15-27(16-4-2)17-9-14-22(28)24-19-11-6-5-10-18(19)23-25-20-12-7-8-13-21(20)26-23/h5-8,10-13H,3-4,9,14-17H2,1-2H3,(H,24,28)(H,25,26). The third kappa shape index (κ3) is 5.20. The largest absolute Gasteiger partial charge is 0.338 e. The summed E-state index contributed by atoms with van der Waals surface area (Å²) in [7, 11) is 0. The number of hydrogen-bond donors (Lipinski definition) is 2. The van der Waals surface area contributed by atoms with E-state index in [0.717, 1.165) is 67.0 Å². The molecule has 0 spiro atoms. The van der Waals surface area contributed by atoms with E-state index in [0.29, 0.717) is 6.42 Å². The van der Waals surface area contributed by atoms with Crippen molar-refractivity contribution < 1.29 is 4.79 Å². The average Bonchev–Trinajstić information content (AvgIpc) is 3.13. The number of rotatable bonds is 10. The van der Waals surface area contributed by atoms with E-state index in [9.17, 15) is 4.79 Å². The lowest BCUT2D eigenvalue weighted by molar-refractivity contribution is -0.116. The molecule has 148 valence electrons. The minimum atomic E-state index is 0.0523. The molecule has 0 bridgehead atoms. The molecule has 2 aromatic carbocycles. The lowest BCUT2D eigenvalue weighted by atomic mass is 10.1.